The van der Waals surface area contributed by atoms with E-state index in [1.54, 1.807) is 0 Å². The van der Waals surface area contributed by atoms with Gasteiger partial charge in [0.15, 0.2) is 6.29 Å². The summed E-state index contributed by atoms with van der Waals surface area (Å²) in [5.41, 5.74) is -1.13. The van der Waals surface area contributed by atoms with Crippen LogP contribution in [0.2, 0.25) is 0 Å². The first-order valence-electron chi connectivity index (χ1n) is 17.5. The Hall–Kier alpha value is -1.11. The summed E-state index contributed by atoms with van der Waals surface area (Å²) in [6.45, 7) is 12.7. The molecule has 262 valence electrons. The van der Waals surface area contributed by atoms with Crippen molar-refractivity contribution in [3.8, 4) is 0 Å². The van der Waals surface area contributed by atoms with Crippen molar-refractivity contribution in [1.29, 1.82) is 0 Å². The third-order valence-corrected chi connectivity index (χ3v) is 15.5. The van der Waals surface area contributed by atoms with Gasteiger partial charge in [-0.05, 0) is 97.2 Å². The van der Waals surface area contributed by atoms with E-state index in [0.29, 0.717) is 25.2 Å². The van der Waals surface area contributed by atoms with Crippen LogP contribution < -0.4 is 0 Å². The smallest absolute Gasteiger partial charge is 0.310 e. The van der Waals surface area contributed by atoms with Crippen molar-refractivity contribution in [2.24, 2.45) is 50.2 Å². The molecule has 1 saturated heterocycles. The molecule has 6 rings (SSSR count). The van der Waals surface area contributed by atoms with Crippen molar-refractivity contribution >= 4 is 5.97 Å². The summed E-state index contributed by atoms with van der Waals surface area (Å²) in [5.74, 6) is -0.507. The van der Waals surface area contributed by atoms with Gasteiger partial charge in [0.05, 0.1) is 30.8 Å². The highest BCUT2D eigenvalue weighted by atomic mass is 16.7. The van der Waals surface area contributed by atoms with Gasteiger partial charge in [0.2, 0.25) is 0 Å². The van der Waals surface area contributed by atoms with Gasteiger partial charge in [-0.1, -0.05) is 53.2 Å². The van der Waals surface area contributed by atoms with E-state index >= 15 is 0 Å². The van der Waals surface area contributed by atoms with Crippen LogP contribution in [0.15, 0.2) is 11.6 Å². The van der Waals surface area contributed by atoms with Crippen molar-refractivity contribution in [3.05, 3.63) is 11.6 Å². The number of allylic oxidation sites excluding steroid dienone is 2. The van der Waals surface area contributed by atoms with Gasteiger partial charge in [-0.15, -0.1) is 0 Å². The molecule has 4 saturated carbocycles. The average Bonchev–Trinajstić information content (AvgIpc) is 2.99. The summed E-state index contributed by atoms with van der Waals surface area (Å²) in [4.78, 5) is 13.0. The molecule has 0 spiro atoms. The zero-order valence-corrected chi connectivity index (χ0v) is 28.5. The van der Waals surface area contributed by atoms with Gasteiger partial charge < -0.3 is 45.2 Å². The van der Waals surface area contributed by atoms with Crippen LogP contribution in [-0.2, 0) is 14.3 Å². The first kappa shape index (κ1) is 34.7. The standard InChI is InChI=1S/C36H58O10/c1-31(2)15-20-19-7-8-23-32(3)11-10-25(46-29-28(42)27(41)26(40)21(17-37)45-29)33(4,18-38)22(32)9-12-35(23,6)34(19,5)13-14-36(20,30(43)44)16-24(31)39/h7,20-29,37-42H,8-18H2,1-6H3,(H,43,44)/t20?,21-,22?,23?,24+,25?,26-,27+,28-,29+,32?,33+,34?,35?,36?/m1/s1. The lowest BCUT2D eigenvalue weighted by atomic mass is 9.33. The number of ether oxygens (including phenoxy) is 2. The van der Waals surface area contributed by atoms with Gasteiger partial charge in [-0.25, -0.2) is 0 Å². The van der Waals surface area contributed by atoms with Crippen molar-refractivity contribution in [2.75, 3.05) is 13.2 Å². The van der Waals surface area contributed by atoms with E-state index < -0.39 is 66.3 Å². The first-order valence-corrected chi connectivity index (χ1v) is 17.5. The molecule has 5 fully saturated rings. The van der Waals surface area contributed by atoms with Gasteiger partial charge in [0.25, 0.3) is 0 Å². The lowest BCUT2D eigenvalue weighted by Gasteiger charge is -2.71. The molecular weight excluding hydrogens is 592 g/mol. The van der Waals surface area contributed by atoms with E-state index in [4.69, 9.17) is 9.47 Å². The van der Waals surface area contributed by atoms with Gasteiger partial charge in [0, 0.05) is 5.41 Å². The van der Waals surface area contributed by atoms with Crippen LogP contribution in [0.4, 0.5) is 0 Å². The molecule has 6 aliphatic rings. The molecule has 1 aliphatic heterocycles. The number of aliphatic hydroxyl groups is 6. The molecule has 10 heteroatoms. The number of aliphatic hydroxyl groups excluding tert-OH is 6. The number of aliphatic carboxylic acids is 1. The number of rotatable bonds is 5. The van der Waals surface area contributed by atoms with E-state index in [0.717, 1.165) is 32.1 Å². The Morgan fingerprint density at radius 2 is 1.59 bits per heavy atom. The number of carbonyl (C=O) groups is 1. The summed E-state index contributed by atoms with van der Waals surface area (Å²) in [5, 5.41) is 73.8. The lowest BCUT2D eigenvalue weighted by Crippen LogP contribution is -2.67. The SMILES string of the molecule is CC12CCC(O[C@@H]3O[C@H](CO)[C@@H](O)[C@H](O)[C@H]3O)[C@@](C)(CO)C1CCC1(C)C2CC=C2C3CC(C)(C)[C@@H](O)CC3(C(=O)O)CCC21C. The van der Waals surface area contributed by atoms with Crippen LogP contribution in [0, 0.1) is 50.2 Å². The fourth-order valence-electron chi connectivity index (χ4n) is 12.2. The third kappa shape index (κ3) is 4.53. The minimum absolute atomic E-state index is 0.0888. The van der Waals surface area contributed by atoms with Crippen molar-refractivity contribution in [3.63, 3.8) is 0 Å². The van der Waals surface area contributed by atoms with Crippen LogP contribution in [0.5, 0.6) is 0 Å². The summed E-state index contributed by atoms with van der Waals surface area (Å²) >= 11 is 0. The molecule has 10 nitrogen and oxygen atoms in total. The van der Waals surface area contributed by atoms with Crippen LogP contribution >= 0.6 is 0 Å². The number of fused-ring (bicyclic) bond motifs is 7. The normalized spacial score (nSPS) is 54.8. The van der Waals surface area contributed by atoms with Crippen molar-refractivity contribution < 1.29 is 50.0 Å². The summed E-state index contributed by atoms with van der Waals surface area (Å²) in [6, 6.07) is 0. The number of hydrogen-bond donors (Lipinski definition) is 7. The number of carboxylic acids is 1. The minimum Gasteiger partial charge on any atom is -0.481 e. The van der Waals surface area contributed by atoms with Gasteiger partial charge in [-0.2, -0.15) is 0 Å². The zero-order chi connectivity index (χ0) is 33.8. The molecule has 0 bridgehead atoms. The van der Waals surface area contributed by atoms with E-state index in [1.807, 2.05) is 0 Å². The third-order valence-electron chi connectivity index (χ3n) is 15.5. The maximum Gasteiger partial charge on any atom is 0.310 e. The average molecular weight is 651 g/mol. The monoisotopic (exact) mass is 650 g/mol. The van der Waals surface area contributed by atoms with E-state index in [2.05, 4.69) is 47.6 Å². The van der Waals surface area contributed by atoms with E-state index in [9.17, 15) is 40.5 Å². The highest BCUT2D eigenvalue weighted by Crippen LogP contribution is 2.76. The topological polar surface area (TPSA) is 177 Å². The van der Waals surface area contributed by atoms with Crippen LogP contribution in [0.25, 0.3) is 0 Å². The van der Waals surface area contributed by atoms with Gasteiger partial charge in [0.1, 0.15) is 24.4 Å². The summed E-state index contributed by atoms with van der Waals surface area (Å²) in [6.07, 6.45) is 0.758. The Bertz CT molecular complexity index is 1240. The van der Waals surface area contributed by atoms with E-state index in [-0.39, 0.29) is 46.5 Å². The molecule has 7 N–H and O–H groups in total. The molecule has 0 radical (unpaired) electrons. The highest BCUT2D eigenvalue weighted by molar-refractivity contribution is 5.77. The molecule has 46 heavy (non-hydrogen) atoms. The first-order chi connectivity index (χ1) is 21.4. The maximum absolute atomic E-state index is 13.0. The molecule has 0 aromatic rings. The highest BCUT2D eigenvalue weighted by Gasteiger charge is 2.70. The van der Waals surface area contributed by atoms with Crippen molar-refractivity contribution in [2.45, 2.75) is 142 Å². The molecule has 5 aliphatic carbocycles. The fourth-order valence-corrected chi connectivity index (χ4v) is 12.2. The molecule has 0 aromatic heterocycles. The van der Waals surface area contributed by atoms with Gasteiger partial charge >= 0.3 is 5.97 Å². The fraction of sp³-hybridized carbons (Fsp3) is 0.917. The van der Waals surface area contributed by atoms with Crippen LogP contribution in [0.3, 0.4) is 0 Å². The molecule has 0 aromatic carbocycles. The Morgan fingerprint density at radius 1 is 0.891 bits per heavy atom. The maximum atomic E-state index is 13.0. The molecule has 8 unspecified atom stereocenters. The second-order valence-electron chi connectivity index (χ2n) is 17.7. The van der Waals surface area contributed by atoms with E-state index in [1.165, 1.54) is 5.57 Å². The summed E-state index contributed by atoms with van der Waals surface area (Å²) in [7, 11) is 0. The quantitative estimate of drug-likeness (QED) is 0.173. The Morgan fingerprint density at radius 3 is 2.22 bits per heavy atom. The Kier molecular flexibility index (Phi) is 8.46. The zero-order valence-electron chi connectivity index (χ0n) is 28.5. The minimum atomic E-state index is -1.53. The second-order valence-corrected chi connectivity index (χ2v) is 17.7. The Labute approximate surface area is 273 Å². The second kappa shape index (κ2) is 11.2. The predicted octanol–water partition coefficient (Wildman–Crippen LogP) is 3.00. The van der Waals surface area contributed by atoms with Crippen LogP contribution in [-0.4, -0.2) is 97.8 Å². The largest absolute Gasteiger partial charge is 0.481 e. The number of carboxylic acid groups (broad SMARTS) is 1. The van der Waals surface area contributed by atoms with Crippen molar-refractivity contribution in [1.82, 2.24) is 0 Å². The van der Waals surface area contributed by atoms with Gasteiger partial charge in [-0.3, -0.25) is 4.79 Å². The molecule has 0 amide bonds. The Balaban J connectivity index is 1.32. The predicted molar refractivity (Wildman–Crippen MR) is 168 cm³/mol. The lowest BCUT2D eigenvalue weighted by molar-refractivity contribution is -0.333. The molecular formula is C36H58O10. The number of hydrogen-bond acceptors (Lipinski definition) is 9. The summed E-state index contributed by atoms with van der Waals surface area (Å²) < 4.78 is 12.1. The van der Waals surface area contributed by atoms with Crippen LogP contribution in [0.1, 0.15) is 99.3 Å². The molecule has 1 heterocycles. The molecule has 15 atom stereocenters.